The van der Waals surface area contributed by atoms with Gasteiger partial charge in [0.1, 0.15) is 5.69 Å². The normalized spacial score (nSPS) is 19.7. The van der Waals surface area contributed by atoms with E-state index in [2.05, 4.69) is 10.00 Å². The van der Waals surface area contributed by atoms with Gasteiger partial charge in [-0.05, 0) is 38.6 Å². The van der Waals surface area contributed by atoms with E-state index in [1.807, 2.05) is 0 Å². The summed E-state index contributed by atoms with van der Waals surface area (Å²) < 4.78 is 1.62. The second-order valence-corrected chi connectivity index (χ2v) is 5.17. The van der Waals surface area contributed by atoms with Gasteiger partial charge in [0, 0.05) is 20.1 Å². The number of aryl methyl sites for hydroxylation is 2. The van der Waals surface area contributed by atoms with Crippen LogP contribution in [-0.4, -0.2) is 34.3 Å². The standard InChI is InChI=1S/C12H21N5O2/c1-9-11(17(18)19)12(15(2)14-9)16-7-3-4-10(8-16)5-6-13/h10H,3-8,13H2,1-2H3. The Morgan fingerprint density at radius 1 is 1.58 bits per heavy atom. The van der Waals surface area contributed by atoms with Crippen molar-refractivity contribution in [2.75, 3.05) is 24.5 Å². The Kier molecular flexibility index (Phi) is 4.04. The van der Waals surface area contributed by atoms with Crippen molar-refractivity contribution in [1.82, 2.24) is 9.78 Å². The maximum Gasteiger partial charge on any atom is 0.333 e. The van der Waals surface area contributed by atoms with Crippen LogP contribution in [-0.2, 0) is 7.05 Å². The van der Waals surface area contributed by atoms with Crippen LogP contribution in [0.4, 0.5) is 11.5 Å². The van der Waals surface area contributed by atoms with E-state index in [0.29, 0.717) is 24.0 Å². The molecule has 7 nitrogen and oxygen atoms in total. The van der Waals surface area contributed by atoms with E-state index >= 15 is 0 Å². The van der Waals surface area contributed by atoms with Crippen LogP contribution in [0.1, 0.15) is 25.0 Å². The first-order valence-corrected chi connectivity index (χ1v) is 6.67. The van der Waals surface area contributed by atoms with Crippen LogP contribution in [0.5, 0.6) is 0 Å². The molecule has 0 aromatic carbocycles. The van der Waals surface area contributed by atoms with Gasteiger partial charge in [-0.15, -0.1) is 0 Å². The van der Waals surface area contributed by atoms with Crippen LogP contribution in [0.2, 0.25) is 0 Å². The van der Waals surface area contributed by atoms with Gasteiger partial charge in [-0.3, -0.25) is 10.1 Å². The molecule has 0 radical (unpaired) electrons. The highest BCUT2D eigenvalue weighted by atomic mass is 16.6. The average molecular weight is 267 g/mol. The number of rotatable bonds is 4. The van der Waals surface area contributed by atoms with Gasteiger partial charge in [-0.1, -0.05) is 0 Å². The largest absolute Gasteiger partial charge is 0.351 e. The molecule has 2 N–H and O–H groups in total. The van der Waals surface area contributed by atoms with Crippen molar-refractivity contribution in [3.63, 3.8) is 0 Å². The minimum absolute atomic E-state index is 0.135. The number of nitrogens with zero attached hydrogens (tertiary/aromatic N) is 4. The highest BCUT2D eigenvalue weighted by molar-refractivity contribution is 5.61. The Morgan fingerprint density at radius 3 is 2.95 bits per heavy atom. The molecule has 1 unspecified atom stereocenters. The lowest BCUT2D eigenvalue weighted by Gasteiger charge is -2.33. The van der Waals surface area contributed by atoms with Crippen LogP contribution in [0.25, 0.3) is 0 Å². The minimum Gasteiger partial charge on any atom is -0.351 e. The zero-order valence-electron chi connectivity index (χ0n) is 11.5. The summed E-state index contributed by atoms with van der Waals surface area (Å²) in [5.41, 5.74) is 6.22. The third kappa shape index (κ3) is 2.70. The van der Waals surface area contributed by atoms with Crippen molar-refractivity contribution in [2.24, 2.45) is 18.7 Å². The van der Waals surface area contributed by atoms with Gasteiger partial charge >= 0.3 is 5.69 Å². The number of hydrogen-bond acceptors (Lipinski definition) is 5. The first-order chi connectivity index (χ1) is 9.04. The zero-order chi connectivity index (χ0) is 14.0. The second kappa shape index (κ2) is 5.56. The summed E-state index contributed by atoms with van der Waals surface area (Å²) in [4.78, 5) is 13.0. The van der Waals surface area contributed by atoms with E-state index in [1.54, 1.807) is 18.7 Å². The summed E-state index contributed by atoms with van der Waals surface area (Å²) in [6.07, 6.45) is 3.17. The molecule has 0 amide bonds. The Bertz CT molecular complexity index is 469. The first kappa shape index (κ1) is 13.8. The van der Waals surface area contributed by atoms with Gasteiger partial charge in [0.15, 0.2) is 0 Å². The summed E-state index contributed by atoms with van der Waals surface area (Å²) in [7, 11) is 1.77. The number of piperidine rings is 1. The van der Waals surface area contributed by atoms with Gasteiger partial charge < -0.3 is 10.6 Å². The molecule has 2 rings (SSSR count). The molecule has 1 saturated heterocycles. The number of hydrogen-bond donors (Lipinski definition) is 1. The molecule has 1 aliphatic rings. The van der Waals surface area contributed by atoms with Crippen molar-refractivity contribution >= 4 is 11.5 Å². The predicted molar refractivity (Wildman–Crippen MR) is 73.2 cm³/mol. The van der Waals surface area contributed by atoms with Crippen LogP contribution < -0.4 is 10.6 Å². The van der Waals surface area contributed by atoms with Crippen LogP contribution >= 0.6 is 0 Å². The molecule has 1 aromatic rings. The molecule has 7 heteroatoms. The number of nitro groups is 1. The highest BCUT2D eigenvalue weighted by Gasteiger charge is 2.31. The average Bonchev–Trinajstić information content (AvgIpc) is 2.65. The fourth-order valence-electron chi connectivity index (χ4n) is 2.93. The predicted octanol–water partition coefficient (Wildman–Crippen LogP) is 1.20. The van der Waals surface area contributed by atoms with Crippen molar-refractivity contribution < 1.29 is 4.92 Å². The number of aromatic nitrogens is 2. The molecule has 0 spiro atoms. The Morgan fingerprint density at radius 2 is 2.32 bits per heavy atom. The molecule has 1 aromatic heterocycles. The fraction of sp³-hybridized carbons (Fsp3) is 0.750. The van der Waals surface area contributed by atoms with Crippen molar-refractivity contribution in [3.05, 3.63) is 15.8 Å². The van der Waals surface area contributed by atoms with Gasteiger partial charge in [-0.25, -0.2) is 4.68 Å². The Balaban J connectivity index is 2.28. The molecule has 0 aliphatic carbocycles. The van der Waals surface area contributed by atoms with E-state index in [-0.39, 0.29) is 10.6 Å². The molecular weight excluding hydrogens is 246 g/mol. The molecular formula is C12H21N5O2. The monoisotopic (exact) mass is 267 g/mol. The molecule has 0 bridgehead atoms. The summed E-state index contributed by atoms with van der Waals surface area (Å²) in [6, 6.07) is 0. The van der Waals surface area contributed by atoms with Gasteiger partial charge in [-0.2, -0.15) is 5.10 Å². The topological polar surface area (TPSA) is 90.2 Å². The Labute approximate surface area is 112 Å². The summed E-state index contributed by atoms with van der Waals surface area (Å²) >= 11 is 0. The van der Waals surface area contributed by atoms with Crippen molar-refractivity contribution in [3.8, 4) is 0 Å². The fourth-order valence-corrected chi connectivity index (χ4v) is 2.93. The van der Waals surface area contributed by atoms with E-state index < -0.39 is 0 Å². The summed E-state index contributed by atoms with van der Waals surface area (Å²) in [5, 5.41) is 15.4. The third-order valence-electron chi connectivity index (χ3n) is 3.74. The lowest BCUT2D eigenvalue weighted by atomic mass is 9.95. The van der Waals surface area contributed by atoms with Gasteiger partial charge in [0.25, 0.3) is 0 Å². The minimum atomic E-state index is -0.329. The van der Waals surface area contributed by atoms with E-state index in [4.69, 9.17) is 5.73 Å². The zero-order valence-corrected chi connectivity index (χ0v) is 11.5. The van der Waals surface area contributed by atoms with Crippen LogP contribution in [0.15, 0.2) is 0 Å². The summed E-state index contributed by atoms with van der Waals surface area (Å²) in [5.74, 6) is 1.15. The van der Waals surface area contributed by atoms with E-state index in [1.165, 1.54) is 0 Å². The molecule has 106 valence electrons. The van der Waals surface area contributed by atoms with Gasteiger partial charge in [0.2, 0.25) is 5.82 Å². The van der Waals surface area contributed by atoms with Crippen molar-refractivity contribution in [2.45, 2.75) is 26.2 Å². The molecule has 1 atom stereocenters. The molecule has 0 saturated carbocycles. The molecule has 2 heterocycles. The number of nitrogens with two attached hydrogens (primary N) is 1. The smallest absolute Gasteiger partial charge is 0.333 e. The second-order valence-electron chi connectivity index (χ2n) is 5.17. The Hall–Kier alpha value is -1.63. The molecule has 1 fully saturated rings. The van der Waals surface area contributed by atoms with E-state index in [9.17, 15) is 10.1 Å². The highest BCUT2D eigenvalue weighted by Crippen LogP contribution is 2.33. The maximum atomic E-state index is 11.2. The quantitative estimate of drug-likeness (QED) is 0.654. The maximum absolute atomic E-state index is 11.2. The van der Waals surface area contributed by atoms with Crippen molar-refractivity contribution in [1.29, 1.82) is 0 Å². The van der Waals surface area contributed by atoms with Crippen LogP contribution in [0.3, 0.4) is 0 Å². The first-order valence-electron chi connectivity index (χ1n) is 6.67. The lowest BCUT2D eigenvalue weighted by molar-refractivity contribution is -0.384. The molecule has 1 aliphatic heterocycles. The lowest BCUT2D eigenvalue weighted by Crippen LogP contribution is -2.37. The number of anilines is 1. The van der Waals surface area contributed by atoms with Gasteiger partial charge in [0.05, 0.1) is 4.92 Å². The third-order valence-corrected chi connectivity index (χ3v) is 3.74. The van der Waals surface area contributed by atoms with E-state index in [0.717, 1.165) is 32.4 Å². The SMILES string of the molecule is Cc1nn(C)c(N2CCCC(CCN)C2)c1[N+](=O)[O-]. The van der Waals surface area contributed by atoms with Crippen LogP contribution in [0, 0.1) is 23.0 Å². The summed E-state index contributed by atoms with van der Waals surface area (Å²) in [6.45, 7) is 4.03. The molecule has 19 heavy (non-hydrogen) atoms.